The van der Waals surface area contributed by atoms with E-state index in [-0.39, 0.29) is 11.8 Å². The van der Waals surface area contributed by atoms with E-state index >= 15 is 0 Å². The van der Waals surface area contributed by atoms with Crippen molar-refractivity contribution in [3.05, 3.63) is 0 Å². The van der Waals surface area contributed by atoms with Gasteiger partial charge in [-0.05, 0) is 25.7 Å². The van der Waals surface area contributed by atoms with Crippen LogP contribution in [-0.2, 0) is 9.59 Å². The Morgan fingerprint density at radius 3 is 0.609 bits per heavy atom. The van der Waals surface area contributed by atoms with E-state index in [1.807, 2.05) is 0 Å². The van der Waals surface area contributed by atoms with Crippen LogP contribution in [0.4, 0.5) is 0 Å². The minimum atomic E-state index is -0.587. The highest BCUT2D eigenvalue weighted by Gasteiger charge is 2.17. The Kier molecular flexibility index (Phi) is 35.9. The van der Waals surface area contributed by atoms with Gasteiger partial charge in [0.1, 0.15) is 0 Å². The van der Waals surface area contributed by atoms with Gasteiger partial charge in [0, 0.05) is 0 Å². The maximum absolute atomic E-state index is 11.7. The minimum absolute atomic E-state index is 0.140. The van der Waals surface area contributed by atoms with Crippen molar-refractivity contribution in [1.29, 1.82) is 0 Å². The smallest absolute Gasteiger partial charge is 0.306 e. The molecule has 0 fully saturated rings. The summed E-state index contributed by atoms with van der Waals surface area (Å²) < 4.78 is 0. The van der Waals surface area contributed by atoms with E-state index in [2.05, 4.69) is 13.8 Å². The van der Waals surface area contributed by atoms with E-state index in [0.717, 1.165) is 64.2 Å². The second-order valence-electron chi connectivity index (χ2n) is 14.8. The second-order valence-corrected chi connectivity index (χ2v) is 14.8. The molecule has 2 atom stereocenters. The van der Waals surface area contributed by atoms with Gasteiger partial charge in [-0.2, -0.15) is 0 Å². The molecule has 0 amide bonds. The SMILES string of the molecule is CCCCCCCCCCCCCC(CCCCCCCCCCCCC(CCCCCCCCCCCCC)C(=O)O)C(=O)O. The van der Waals surface area contributed by atoms with Crippen LogP contribution in [0.25, 0.3) is 0 Å². The van der Waals surface area contributed by atoms with Gasteiger partial charge < -0.3 is 10.2 Å². The Bertz CT molecular complexity index is 579. The topological polar surface area (TPSA) is 74.6 Å². The van der Waals surface area contributed by atoms with Crippen molar-refractivity contribution in [1.82, 2.24) is 0 Å². The van der Waals surface area contributed by atoms with Gasteiger partial charge in [-0.3, -0.25) is 9.59 Å². The maximum Gasteiger partial charge on any atom is 0.306 e. The van der Waals surface area contributed by atoms with Crippen LogP contribution in [0.3, 0.4) is 0 Å². The molecule has 0 aromatic heterocycles. The van der Waals surface area contributed by atoms with E-state index in [1.54, 1.807) is 0 Å². The average molecular weight is 651 g/mol. The summed E-state index contributed by atoms with van der Waals surface area (Å²) in [7, 11) is 0. The van der Waals surface area contributed by atoms with Gasteiger partial charge in [0.15, 0.2) is 0 Å². The first-order valence-corrected chi connectivity index (χ1v) is 21.0. The third-order valence-electron chi connectivity index (χ3n) is 10.4. The highest BCUT2D eigenvalue weighted by atomic mass is 16.4. The van der Waals surface area contributed by atoms with Crippen LogP contribution in [0.15, 0.2) is 0 Å². The standard InChI is InChI=1S/C42H82O4/c1-3-5-7-9-11-13-15-19-23-27-31-35-39(41(43)44)37-33-29-25-21-17-18-22-26-30-34-38-40(42(45)46)36-32-28-24-20-16-14-12-10-8-6-4-2/h39-40H,3-38H2,1-2H3,(H,43,44)(H,45,46). The molecule has 0 aromatic rings. The van der Waals surface area contributed by atoms with Crippen molar-refractivity contribution < 1.29 is 19.8 Å². The van der Waals surface area contributed by atoms with Crippen molar-refractivity contribution >= 4 is 11.9 Å². The van der Waals surface area contributed by atoms with Crippen molar-refractivity contribution in [2.75, 3.05) is 0 Å². The number of carbonyl (C=O) groups is 2. The fraction of sp³-hybridized carbons (Fsp3) is 0.952. The van der Waals surface area contributed by atoms with Crippen molar-refractivity contribution in [3.63, 3.8) is 0 Å². The van der Waals surface area contributed by atoms with E-state index in [4.69, 9.17) is 0 Å². The van der Waals surface area contributed by atoms with Gasteiger partial charge in [-0.15, -0.1) is 0 Å². The van der Waals surface area contributed by atoms with Gasteiger partial charge in [0.25, 0.3) is 0 Å². The molecule has 0 bridgehead atoms. The number of rotatable bonds is 39. The minimum Gasteiger partial charge on any atom is -0.481 e. The molecule has 4 heteroatoms. The fourth-order valence-corrected chi connectivity index (χ4v) is 7.09. The third-order valence-corrected chi connectivity index (χ3v) is 10.4. The lowest BCUT2D eigenvalue weighted by Crippen LogP contribution is -2.13. The van der Waals surface area contributed by atoms with E-state index in [0.29, 0.717) is 0 Å². The Morgan fingerprint density at radius 1 is 0.304 bits per heavy atom. The van der Waals surface area contributed by atoms with Crippen LogP contribution in [0.1, 0.15) is 245 Å². The molecular formula is C42H82O4. The predicted molar refractivity (Wildman–Crippen MR) is 200 cm³/mol. The van der Waals surface area contributed by atoms with Crippen LogP contribution >= 0.6 is 0 Å². The summed E-state index contributed by atoms with van der Waals surface area (Å²) in [6.45, 7) is 4.53. The molecule has 0 aliphatic heterocycles. The molecule has 274 valence electrons. The largest absolute Gasteiger partial charge is 0.481 e. The fourth-order valence-electron chi connectivity index (χ4n) is 7.09. The molecule has 46 heavy (non-hydrogen) atoms. The quantitative estimate of drug-likeness (QED) is 0.0649. The Morgan fingerprint density at radius 2 is 0.457 bits per heavy atom. The number of hydrogen-bond acceptors (Lipinski definition) is 2. The van der Waals surface area contributed by atoms with Crippen molar-refractivity contribution in [2.24, 2.45) is 11.8 Å². The van der Waals surface area contributed by atoms with Gasteiger partial charge in [-0.25, -0.2) is 0 Å². The molecule has 0 saturated carbocycles. The molecule has 0 aromatic carbocycles. The van der Waals surface area contributed by atoms with Crippen LogP contribution in [0.5, 0.6) is 0 Å². The Hall–Kier alpha value is -1.06. The monoisotopic (exact) mass is 651 g/mol. The van der Waals surface area contributed by atoms with E-state index in [9.17, 15) is 19.8 Å². The summed E-state index contributed by atoms with van der Waals surface area (Å²) in [5.41, 5.74) is 0. The van der Waals surface area contributed by atoms with Crippen molar-refractivity contribution in [2.45, 2.75) is 245 Å². The Labute approximate surface area is 288 Å². The van der Waals surface area contributed by atoms with Gasteiger partial charge in [0.2, 0.25) is 0 Å². The zero-order chi connectivity index (χ0) is 33.8. The third kappa shape index (κ3) is 32.9. The molecule has 0 heterocycles. The van der Waals surface area contributed by atoms with E-state index in [1.165, 1.54) is 167 Å². The zero-order valence-electron chi connectivity index (χ0n) is 31.3. The first kappa shape index (κ1) is 44.9. The molecule has 2 N–H and O–H groups in total. The summed E-state index contributed by atoms with van der Waals surface area (Å²) >= 11 is 0. The number of hydrogen-bond donors (Lipinski definition) is 2. The highest BCUT2D eigenvalue weighted by Crippen LogP contribution is 2.22. The zero-order valence-corrected chi connectivity index (χ0v) is 31.3. The summed E-state index contributed by atoms with van der Waals surface area (Å²) in [5.74, 6) is -1.45. The van der Waals surface area contributed by atoms with Gasteiger partial charge in [0.05, 0.1) is 11.8 Å². The van der Waals surface area contributed by atoms with Gasteiger partial charge in [-0.1, -0.05) is 219 Å². The van der Waals surface area contributed by atoms with Crippen LogP contribution in [0.2, 0.25) is 0 Å². The normalized spacial score (nSPS) is 12.8. The number of aliphatic carboxylic acids is 2. The second kappa shape index (κ2) is 36.8. The van der Waals surface area contributed by atoms with Crippen LogP contribution in [-0.4, -0.2) is 22.2 Å². The highest BCUT2D eigenvalue weighted by molar-refractivity contribution is 5.70. The number of carboxylic acids is 2. The van der Waals surface area contributed by atoms with Gasteiger partial charge >= 0.3 is 11.9 Å². The summed E-state index contributed by atoms with van der Waals surface area (Å²) in [6.07, 6.45) is 44.3. The molecule has 2 unspecified atom stereocenters. The molecular weight excluding hydrogens is 568 g/mol. The van der Waals surface area contributed by atoms with Crippen LogP contribution < -0.4 is 0 Å². The molecule has 0 spiro atoms. The summed E-state index contributed by atoms with van der Waals surface area (Å²) in [4.78, 5) is 23.4. The molecule has 0 rings (SSSR count). The van der Waals surface area contributed by atoms with Crippen LogP contribution in [0, 0.1) is 11.8 Å². The molecule has 0 radical (unpaired) electrons. The molecule has 0 aliphatic carbocycles. The van der Waals surface area contributed by atoms with Crippen molar-refractivity contribution in [3.8, 4) is 0 Å². The van der Waals surface area contributed by atoms with E-state index < -0.39 is 11.9 Å². The first-order valence-electron chi connectivity index (χ1n) is 21.0. The molecule has 0 aliphatic rings. The summed E-state index contributed by atoms with van der Waals surface area (Å²) in [5, 5.41) is 19.3. The lowest BCUT2D eigenvalue weighted by Gasteiger charge is -2.12. The first-order chi connectivity index (χ1) is 22.5. The lowest BCUT2D eigenvalue weighted by atomic mass is 9.93. The number of carboxylic acid groups (broad SMARTS) is 2. The summed E-state index contributed by atoms with van der Waals surface area (Å²) in [6, 6.07) is 0. The maximum atomic E-state index is 11.7. The average Bonchev–Trinajstić information content (AvgIpc) is 3.04. The predicted octanol–water partition coefficient (Wildman–Crippen LogP) is 14.5. The lowest BCUT2D eigenvalue weighted by molar-refractivity contribution is -0.143. The Balaban J connectivity index is 3.58. The number of unbranched alkanes of at least 4 members (excludes halogenated alkanes) is 29. The molecule has 4 nitrogen and oxygen atoms in total. The molecule has 0 saturated heterocycles.